The summed E-state index contributed by atoms with van der Waals surface area (Å²) < 4.78 is 0. The quantitative estimate of drug-likeness (QED) is 0.693. The van der Waals surface area contributed by atoms with Gasteiger partial charge >= 0.3 is 0 Å². The van der Waals surface area contributed by atoms with E-state index in [1.807, 2.05) is 0 Å². The van der Waals surface area contributed by atoms with E-state index in [4.69, 9.17) is 0 Å². The van der Waals surface area contributed by atoms with Crippen LogP contribution in [0.2, 0.25) is 0 Å². The molecule has 2 aliphatic carbocycles. The molecule has 2 saturated carbocycles. The third-order valence-corrected chi connectivity index (χ3v) is 5.30. The summed E-state index contributed by atoms with van der Waals surface area (Å²) in [6.45, 7) is 10.5. The molecule has 2 fully saturated rings. The van der Waals surface area contributed by atoms with E-state index in [1.165, 1.54) is 18.9 Å². The summed E-state index contributed by atoms with van der Waals surface area (Å²) in [5.41, 5.74) is 0.641. The molecule has 2 nitrogen and oxygen atoms in total. The van der Waals surface area contributed by atoms with Gasteiger partial charge < -0.3 is 5.32 Å². The third-order valence-electron chi connectivity index (χ3n) is 5.30. The average Bonchev–Trinajstić information content (AvgIpc) is 2.50. The Morgan fingerprint density at radius 2 is 2.13 bits per heavy atom. The van der Waals surface area contributed by atoms with E-state index in [1.54, 1.807) is 0 Å². The largest absolute Gasteiger partial charge is 0.349 e. The average molecular weight is 207 g/mol. The Hall–Kier alpha value is -0.790. The van der Waals surface area contributed by atoms with Crippen molar-refractivity contribution >= 4 is 5.91 Å². The van der Waals surface area contributed by atoms with E-state index in [9.17, 15) is 4.79 Å². The lowest BCUT2D eigenvalue weighted by molar-refractivity contribution is -0.118. The van der Waals surface area contributed by atoms with Gasteiger partial charge in [-0.05, 0) is 42.1 Å². The van der Waals surface area contributed by atoms with Crippen molar-refractivity contribution in [1.29, 1.82) is 0 Å². The van der Waals surface area contributed by atoms with E-state index in [0.29, 0.717) is 11.5 Å². The molecular formula is C13H21NO. The second kappa shape index (κ2) is 3.10. The predicted molar refractivity (Wildman–Crippen MR) is 61.4 cm³/mol. The van der Waals surface area contributed by atoms with Crippen LogP contribution >= 0.6 is 0 Å². The van der Waals surface area contributed by atoms with Gasteiger partial charge in [-0.2, -0.15) is 0 Å². The monoisotopic (exact) mass is 207 g/mol. The van der Waals surface area contributed by atoms with Gasteiger partial charge in [0.1, 0.15) is 0 Å². The molecule has 2 heteroatoms. The summed E-state index contributed by atoms with van der Waals surface area (Å²) in [7, 11) is 0. The van der Waals surface area contributed by atoms with Crippen LogP contribution in [0.5, 0.6) is 0 Å². The number of hydrogen-bond donors (Lipinski definition) is 1. The maximum absolute atomic E-state index is 11.4. The van der Waals surface area contributed by atoms with Crippen molar-refractivity contribution in [2.24, 2.45) is 16.7 Å². The molecule has 0 aliphatic heterocycles. The van der Waals surface area contributed by atoms with Gasteiger partial charge in [0.2, 0.25) is 5.91 Å². The van der Waals surface area contributed by atoms with E-state index in [2.05, 4.69) is 32.7 Å². The van der Waals surface area contributed by atoms with Crippen molar-refractivity contribution in [3.8, 4) is 0 Å². The Balaban J connectivity index is 2.19. The lowest BCUT2D eigenvalue weighted by Crippen LogP contribution is -2.46. The number of carbonyl (C=O) groups is 1. The molecule has 0 aromatic carbocycles. The third kappa shape index (κ3) is 1.27. The molecule has 0 unspecified atom stereocenters. The second-order valence-corrected chi connectivity index (χ2v) is 5.88. The first kappa shape index (κ1) is 10.7. The van der Waals surface area contributed by atoms with E-state index >= 15 is 0 Å². The Morgan fingerprint density at radius 3 is 2.53 bits per heavy atom. The minimum absolute atomic E-state index is 0.0235. The zero-order chi connectivity index (χ0) is 11.3. The first-order valence-electron chi connectivity index (χ1n) is 5.85. The number of carbonyl (C=O) groups excluding carboxylic acids is 1. The van der Waals surface area contributed by atoms with Crippen molar-refractivity contribution in [3.63, 3.8) is 0 Å². The van der Waals surface area contributed by atoms with Gasteiger partial charge in [-0.1, -0.05) is 27.4 Å². The van der Waals surface area contributed by atoms with Gasteiger partial charge in [0.15, 0.2) is 0 Å². The fraction of sp³-hybridized carbons (Fsp3) is 0.769. The van der Waals surface area contributed by atoms with Crippen LogP contribution in [0, 0.1) is 16.7 Å². The molecule has 84 valence electrons. The normalized spacial score (nSPS) is 41.5. The van der Waals surface area contributed by atoms with Gasteiger partial charge in [-0.25, -0.2) is 0 Å². The first-order valence-corrected chi connectivity index (χ1v) is 5.85. The van der Waals surface area contributed by atoms with Crippen LogP contribution in [0.3, 0.4) is 0 Å². The van der Waals surface area contributed by atoms with Crippen molar-refractivity contribution in [1.82, 2.24) is 5.32 Å². The summed E-state index contributed by atoms with van der Waals surface area (Å²) in [6.07, 6.45) is 5.09. The molecule has 0 saturated heterocycles. The number of fused-ring (bicyclic) bond motifs is 2. The van der Waals surface area contributed by atoms with Gasteiger partial charge in [0.25, 0.3) is 0 Å². The van der Waals surface area contributed by atoms with Gasteiger partial charge in [0.05, 0.1) is 0 Å². The molecule has 0 radical (unpaired) electrons. The molecule has 0 aromatic heterocycles. The second-order valence-electron chi connectivity index (χ2n) is 5.88. The molecule has 0 spiro atoms. The molecular weight excluding hydrogens is 186 g/mol. The van der Waals surface area contributed by atoms with E-state index in [-0.39, 0.29) is 11.3 Å². The molecule has 2 aliphatic rings. The lowest BCUT2D eigenvalue weighted by Gasteiger charge is -2.39. The number of amides is 1. The summed E-state index contributed by atoms with van der Waals surface area (Å²) >= 11 is 0. The molecule has 3 atom stereocenters. The van der Waals surface area contributed by atoms with Crippen LogP contribution in [0.1, 0.15) is 40.0 Å². The standard InChI is InChI=1S/C13H21NO/c1-5-11(15)14-10-8-9-6-7-13(10,4)12(9,2)3/h5,9-10H,1,6-8H2,2-4H3,(H,14,15)/t9-,10+,13-/m1/s1. The highest BCUT2D eigenvalue weighted by Gasteiger charge is 2.61. The Labute approximate surface area is 92.1 Å². The molecule has 0 aromatic rings. The molecule has 15 heavy (non-hydrogen) atoms. The molecule has 1 amide bonds. The highest BCUT2D eigenvalue weighted by atomic mass is 16.1. The maximum atomic E-state index is 11.4. The Bertz CT molecular complexity index is 308. The fourth-order valence-corrected chi connectivity index (χ4v) is 3.65. The molecule has 0 heterocycles. The van der Waals surface area contributed by atoms with Crippen LogP contribution in [0.4, 0.5) is 0 Å². The van der Waals surface area contributed by atoms with Gasteiger partial charge in [0, 0.05) is 6.04 Å². The van der Waals surface area contributed by atoms with Gasteiger partial charge in [-0.3, -0.25) is 4.79 Å². The molecule has 2 bridgehead atoms. The first-order chi connectivity index (χ1) is 6.91. The van der Waals surface area contributed by atoms with Crippen LogP contribution in [-0.2, 0) is 4.79 Å². The van der Waals surface area contributed by atoms with Crippen LogP contribution in [0.15, 0.2) is 12.7 Å². The van der Waals surface area contributed by atoms with Crippen LogP contribution < -0.4 is 5.32 Å². The molecule has 1 N–H and O–H groups in total. The Morgan fingerprint density at radius 1 is 1.47 bits per heavy atom. The van der Waals surface area contributed by atoms with Crippen molar-refractivity contribution in [2.75, 3.05) is 0 Å². The minimum Gasteiger partial charge on any atom is -0.349 e. The summed E-state index contributed by atoms with van der Waals surface area (Å²) in [6, 6.07) is 0.344. The predicted octanol–water partition coefficient (Wildman–Crippen LogP) is 2.50. The number of rotatable bonds is 2. The van der Waals surface area contributed by atoms with Crippen molar-refractivity contribution < 1.29 is 4.79 Å². The van der Waals surface area contributed by atoms with E-state index in [0.717, 1.165) is 12.3 Å². The van der Waals surface area contributed by atoms with E-state index < -0.39 is 0 Å². The Kier molecular flexibility index (Phi) is 2.21. The topological polar surface area (TPSA) is 29.1 Å². The number of nitrogens with one attached hydrogen (secondary N) is 1. The smallest absolute Gasteiger partial charge is 0.243 e. The SMILES string of the molecule is C=CC(=O)N[C@H]1C[C@H]2CC[C@@]1(C)C2(C)C. The summed E-state index contributed by atoms with van der Waals surface area (Å²) in [5, 5.41) is 3.10. The fourth-order valence-electron chi connectivity index (χ4n) is 3.65. The molecule has 2 rings (SSSR count). The van der Waals surface area contributed by atoms with Crippen LogP contribution in [0.25, 0.3) is 0 Å². The van der Waals surface area contributed by atoms with Crippen molar-refractivity contribution in [3.05, 3.63) is 12.7 Å². The lowest BCUT2D eigenvalue weighted by atomic mass is 9.69. The van der Waals surface area contributed by atoms with Gasteiger partial charge in [-0.15, -0.1) is 0 Å². The minimum atomic E-state index is -0.0235. The maximum Gasteiger partial charge on any atom is 0.243 e. The highest BCUT2D eigenvalue weighted by Crippen LogP contribution is 2.65. The van der Waals surface area contributed by atoms with Crippen LogP contribution in [-0.4, -0.2) is 11.9 Å². The highest BCUT2D eigenvalue weighted by molar-refractivity contribution is 5.87. The zero-order valence-corrected chi connectivity index (χ0v) is 9.97. The van der Waals surface area contributed by atoms with Crippen molar-refractivity contribution in [2.45, 2.75) is 46.1 Å². The summed E-state index contributed by atoms with van der Waals surface area (Å²) in [5.74, 6) is 0.752. The zero-order valence-electron chi connectivity index (χ0n) is 9.97. The number of hydrogen-bond acceptors (Lipinski definition) is 1. The summed E-state index contributed by atoms with van der Waals surface area (Å²) in [4.78, 5) is 11.4.